The Morgan fingerprint density at radius 2 is 2.00 bits per heavy atom. The van der Waals surface area contributed by atoms with Crippen molar-refractivity contribution in [1.29, 1.82) is 0 Å². The molecule has 1 aromatic heterocycles. The van der Waals surface area contributed by atoms with Gasteiger partial charge in [0.2, 0.25) is 10.0 Å². The molecule has 1 aliphatic rings. The lowest BCUT2D eigenvalue weighted by atomic mass is 10.2. The Morgan fingerprint density at radius 1 is 1.24 bits per heavy atom. The van der Waals surface area contributed by atoms with Gasteiger partial charge in [-0.1, -0.05) is 6.07 Å². The normalized spacial score (nSPS) is 15.1. The van der Waals surface area contributed by atoms with Crippen molar-refractivity contribution in [3.05, 3.63) is 52.2 Å². The van der Waals surface area contributed by atoms with E-state index in [-0.39, 0.29) is 29.5 Å². The Kier molecular flexibility index (Phi) is 7.01. The van der Waals surface area contributed by atoms with Crippen LogP contribution >= 0.6 is 11.3 Å². The number of morpholine rings is 1. The van der Waals surface area contributed by atoms with Crippen LogP contribution in [0.25, 0.3) is 0 Å². The fourth-order valence-corrected chi connectivity index (χ4v) is 4.90. The summed E-state index contributed by atoms with van der Waals surface area (Å²) in [6, 6.07) is 7.56. The second kappa shape index (κ2) is 9.49. The molecule has 1 saturated heterocycles. The van der Waals surface area contributed by atoms with Gasteiger partial charge in [0.15, 0.2) is 6.61 Å². The summed E-state index contributed by atoms with van der Waals surface area (Å²) in [4.78, 5) is 26.0. The van der Waals surface area contributed by atoms with Gasteiger partial charge in [-0.25, -0.2) is 13.2 Å². The van der Waals surface area contributed by atoms with E-state index in [1.807, 2.05) is 16.8 Å². The summed E-state index contributed by atoms with van der Waals surface area (Å²) in [5.41, 5.74) is 1.07. The number of hydrogen-bond acceptors (Lipinski definition) is 7. The molecule has 0 aliphatic carbocycles. The number of hydrogen-bond donors (Lipinski definition) is 0. The fraction of sp³-hybridized carbons (Fsp3) is 0.368. The molecule has 10 heteroatoms. The zero-order valence-electron chi connectivity index (χ0n) is 15.9. The topological polar surface area (TPSA) is 93.2 Å². The molecule has 1 amide bonds. The third-order valence-corrected chi connectivity index (χ3v) is 7.06. The first kappa shape index (κ1) is 21.4. The van der Waals surface area contributed by atoms with E-state index in [0.717, 1.165) is 5.56 Å². The van der Waals surface area contributed by atoms with Crippen LogP contribution in [-0.2, 0) is 30.8 Å². The number of sulfonamides is 1. The average molecular weight is 439 g/mol. The number of benzene rings is 1. The van der Waals surface area contributed by atoms with Crippen molar-refractivity contribution in [2.45, 2.75) is 11.4 Å². The Morgan fingerprint density at radius 3 is 2.69 bits per heavy atom. The summed E-state index contributed by atoms with van der Waals surface area (Å²) < 4.78 is 37.0. The van der Waals surface area contributed by atoms with Crippen LogP contribution in [-0.4, -0.2) is 69.5 Å². The summed E-state index contributed by atoms with van der Waals surface area (Å²) in [5.74, 6) is -1.09. The molecule has 1 fully saturated rings. The molecular weight excluding hydrogens is 416 g/mol. The fourth-order valence-electron chi connectivity index (χ4n) is 2.79. The number of nitrogens with zero attached hydrogens (tertiary/aromatic N) is 2. The molecule has 29 heavy (non-hydrogen) atoms. The SMILES string of the molecule is CN(Cc1ccsc1)C(=O)COC(=O)c1cccc(S(=O)(=O)N2CCOCC2)c1. The second-order valence-electron chi connectivity index (χ2n) is 6.50. The maximum absolute atomic E-state index is 12.7. The molecule has 0 radical (unpaired) electrons. The van der Waals surface area contributed by atoms with Crippen LogP contribution in [0.3, 0.4) is 0 Å². The van der Waals surface area contributed by atoms with Crippen molar-refractivity contribution in [2.24, 2.45) is 0 Å². The molecule has 0 bridgehead atoms. The maximum Gasteiger partial charge on any atom is 0.338 e. The first-order valence-electron chi connectivity index (χ1n) is 8.98. The van der Waals surface area contributed by atoms with Gasteiger partial charge in [-0.15, -0.1) is 0 Å². The zero-order valence-corrected chi connectivity index (χ0v) is 17.6. The largest absolute Gasteiger partial charge is 0.452 e. The highest BCUT2D eigenvalue weighted by molar-refractivity contribution is 7.89. The number of esters is 1. The van der Waals surface area contributed by atoms with E-state index in [1.54, 1.807) is 7.05 Å². The third kappa shape index (κ3) is 5.41. The summed E-state index contributed by atoms with van der Waals surface area (Å²) in [5, 5.41) is 3.86. The van der Waals surface area contributed by atoms with Crippen molar-refractivity contribution in [2.75, 3.05) is 40.0 Å². The van der Waals surface area contributed by atoms with Crippen molar-refractivity contribution >= 4 is 33.2 Å². The monoisotopic (exact) mass is 438 g/mol. The molecular formula is C19H22N2O6S2. The van der Waals surface area contributed by atoms with E-state index >= 15 is 0 Å². The Hall–Kier alpha value is -2.27. The van der Waals surface area contributed by atoms with Crippen LogP contribution in [0.4, 0.5) is 0 Å². The standard InChI is InChI=1S/C19H22N2O6S2/c1-20(12-15-5-10-28-14-15)18(22)13-27-19(23)16-3-2-4-17(11-16)29(24,25)21-6-8-26-9-7-21/h2-5,10-11,14H,6-9,12-13H2,1H3. The van der Waals surface area contributed by atoms with Crippen molar-refractivity contribution in [3.8, 4) is 0 Å². The highest BCUT2D eigenvalue weighted by Crippen LogP contribution is 2.19. The van der Waals surface area contributed by atoms with Gasteiger partial charge in [-0.3, -0.25) is 4.79 Å². The minimum absolute atomic E-state index is 0.00903. The van der Waals surface area contributed by atoms with Gasteiger partial charge >= 0.3 is 5.97 Å². The number of thiophene rings is 1. The zero-order chi connectivity index (χ0) is 20.9. The van der Waals surface area contributed by atoms with Crippen molar-refractivity contribution < 1.29 is 27.5 Å². The van der Waals surface area contributed by atoms with Crippen LogP contribution in [0.5, 0.6) is 0 Å². The van der Waals surface area contributed by atoms with Gasteiger partial charge in [-0.05, 0) is 40.6 Å². The molecule has 1 aromatic carbocycles. The highest BCUT2D eigenvalue weighted by Gasteiger charge is 2.27. The Balaban J connectivity index is 1.61. The molecule has 0 unspecified atom stereocenters. The number of likely N-dealkylation sites (N-methyl/N-ethyl adjacent to an activating group) is 1. The van der Waals surface area contributed by atoms with Crippen LogP contribution in [0.1, 0.15) is 15.9 Å². The van der Waals surface area contributed by atoms with Crippen LogP contribution in [0, 0.1) is 0 Å². The van der Waals surface area contributed by atoms with Crippen molar-refractivity contribution in [1.82, 2.24) is 9.21 Å². The maximum atomic E-state index is 12.7. The number of amides is 1. The number of carbonyl (C=O) groups is 2. The first-order chi connectivity index (χ1) is 13.9. The predicted octanol–water partition coefficient (Wildman–Crippen LogP) is 1.58. The Bertz CT molecular complexity index is 953. The summed E-state index contributed by atoms with van der Waals surface area (Å²) >= 11 is 1.54. The molecule has 8 nitrogen and oxygen atoms in total. The molecule has 2 heterocycles. The molecule has 0 N–H and O–H groups in total. The van der Waals surface area contributed by atoms with E-state index in [4.69, 9.17) is 9.47 Å². The van der Waals surface area contributed by atoms with Crippen LogP contribution < -0.4 is 0 Å². The van der Waals surface area contributed by atoms with Gasteiger partial charge < -0.3 is 14.4 Å². The molecule has 0 spiro atoms. The lowest BCUT2D eigenvalue weighted by molar-refractivity contribution is -0.133. The van der Waals surface area contributed by atoms with E-state index in [1.165, 1.54) is 44.8 Å². The number of rotatable bonds is 7. The van der Waals surface area contributed by atoms with E-state index in [0.29, 0.717) is 19.8 Å². The molecule has 3 rings (SSSR count). The summed E-state index contributed by atoms with van der Waals surface area (Å²) in [6.45, 7) is 1.21. The first-order valence-corrected chi connectivity index (χ1v) is 11.4. The highest BCUT2D eigenvalue weighted by atomic mass is 32.2. The van der Waals surface area contributed by atoms with Gasteiger partial charge in [0, 0.05) is 26.7 Å². The lowest BCUT2D eigenvalue weighted by Gasteiger charge is -2.26. The van der Waals surface area contributed by atoms with Crippen LogP contribution in [0.2, 0.25) is 0 Å². The van der Waals surface area contributed by atoms with Gasteiger partial charge in [0.05, 0.1) is 23.7 Å². The van der Waals surface area contributed by atoms with E-state index in [2.05, 4.69) is 0 Å². The molecule has 1 aliphatic heterocycles. The minimum Gasteiger partial charge on any atom is -0.452 e. The minimum atomic E-state index is -3.72. The Labute approximate surface area is 173 Å². The molecule has 2 aromatic rings. The van der Waals surface area contributed by atoms with Gasteiger partial charge in [0.25, 0.3) is 5.91 Å². The lowest BCUT2D eigenvalue weighted by Crippen LogP contribution is -2.40. The number of ether oxygens (including phenoxy) is 2. The molecule has 0 saturated carbocycles. The third-order valence-electron chi connectivity index (χ3n) is 4.43. The quantitative estimate of drug-likeness (QED) is 0.610. The smallest absolute Gasteiger partial charge is 0.338 e. The van der Waals surface area contributed by atoms with Gasteiger partial charge in [0.1, 0.15) is 0 Å². The predicted molar refractivity (Wildman–Crippen MR) is 107 cm³/mol. The van der Waals surface area contributed by atoms with Gasteiger partial charge in [-0.2, -0.15) is 15.6 Å². The molecule has 0 atom stereocenters. The summed E-state index contributed by atoms with van der Waals surface area (Å²) in [6.07, 6.45) is 0. The van der Waals surface area contributed by atoms with Crippen LogP contribution in [0.15, 0.2) is 46.0 Å². The summed E-state index contributed by atoms with van der Waals surface area (Å²) in [7, 11) is -2.09. The molecule has 156 valence electrons. The average Bonchev–Trinajstić information content (AvgIpc) is 3.25. The number of carbonyl (C=O) groups excluding carboxylic acids is 2. The van der Waals surface area contributed by atoms with E-state index in [9.17, 15) is 18.0 Å². The van der Waals surface area contributed by atoms with E-state index < -0.39 is 22.6 Å². The second-order valence-corrected chi connectivity index (χ2v) is 9.22. The van der Waals surface area contributed by atoms with Crippen molar-refractivity contribution in [3.63, 3.8) is 0 Å².